The average Bonchev–Trinajstić information content (AvgIpc) is 2.88. The van der Waals surface area contributed by atoms with Crippen molar-refractivity contribution < 1.29 is 48.0 Å². The lowest BCUT2D eigenvalue weighted by molar-refractivity contribution is -0.284. The van der Waals surface area contributed by atoms with Crippen molar-refractivity contribution in [3.8, 4) is 0 Å². The summed E-state index contributed by atoms with van der Waals surface area (Å²) >= 11 is 0. The Morgan fingerprint density at radius 3 is 2.29 bits per heavy atom. The van der Waals surface area contributed by atoms with Gasteiger partial charge in [-0.05, 0) is 25.5 Å². The van der Waals surface area contributed by atoms with Crippen molar-refractivity contribution in [2.75, 3.05) is 13.2 Å². The van der Waals surface area contributed by atoms with Gasteiger partial charge in [-0.3, -0.25) is 14.4 Å². The quantitative estimate of drug-likeness (QED) is 0.212. The summed E-state index contributed by atoms with van der Waals surface area (Å²) in [5, 5.41) is 16.4. The number of carbonyl (C=O) groups is 4. The number of nitrogens with one attached hydrogen (secondary N) is 2. The van der Waals surface area contributed by atoms with Gasteiger partial charge < -0.3 is 39.4 Å². The number of esters is 2. The minimum atomic E-state index is -1.41. The molecule has 2 rings (SSSR count). The van der Waals surface area contributed by atoms with E-state index >= 15 is 0 Å². The topological polar surface area (TPSA) is 159 Å². The fourth-order valence-corrected chi connectivity index (χ4v) is 4.68. The predicted octanol–water partition coefficient (Wildman–Crippen LogP) is 1.52. The zero-order valence-corrected chi connectivity index (χ0v) is 25.9. The van der Waals surface area contributed by atoms with Crippen LogP contribution in [0.15, 0.2) is 30.3 Å². The van der Waals surface area contributed by atoms with Gasteiger partial charge in [0.05, 0.1) is 13.2 Å². The maximum Gasteiger partial charge on any atom is 0.328 e. The summed E-state index contributed by atoms with van der Waals surface area (Å²) in [5.74, 6) is -2.22. The summed E-state index contributed by atoms with van der Waals surface area (Å²) in [6.45, 7) is 12.0. The van der Waals surface area contributed by atoms with Crippen molar-refractivity contribution in [1.82, 2.24) is 10.6 Å². The lowest BCUT2D eigenvalue weighted by Gasteiger charge is -2.45. The zero-order valence-electron chi connectivity index (χ0n) is 24.9. The molecule has 3 N–H and O–H groups in total. The van der Waals surface area contributed by atoms with Gasteiger partial charge in [-0.1, -0.05) is 50.0 Å². The molecule has 0 aromatic heterocycles. The normalized spacial score (nSPS) is 24.0. The smallest absolute Gasteiger partial charge is 0.328 e. The van der Waals surface area contributed by atoms with Crippen LogP contribution in [0.1, 0.15) is 33.3 Å². The van der Waals surface area contributed by atoms with Gasteiger partial charge in [0.2, 0.25) is 11.8 Å². The molecule has 230 valence electrons. The maximum atomic E-state index is 13.0. The van der Waals surface area contributed by atoms with Gasteiger partial charge in [-0.25, -0.2) is 4.79 Å². The van der Waals surface area contributed by atoms with Crippen LogP contribution in [0.25, 0.3) is 0 Å². The Balaban J connectivity index is 2.16. The minimum Gasteiger partial charge on any atom is -0.464 e. The Morgan fingerprint density at radius 1 is 1.05 bits per heavy atom. The van der Waals surface area contributed by atoms with E-state index in [1.165, 1.54) is 27.7 Å². The first-order valence-electron chi connectivity index (χ1n) is 13.7. The predicted molar refractivity (Wildman–Crippen MR) is 151 cm³/mol. The van der Waals surface area contributed by atoms with Gasteiger partial charge in [-0.2, -0.15) is 0 Å². The highest BCUT2D eigenvalue weighted by atomic mass is 28.3. The summed E-state index contributed by atoms with van der Waals surface area (Å²) < 4.78 is 28.2. The van der Waals surface area contributed by atoms with E-state index in [1.54, 1.807) is 0 Å². The molecule has 7 atom stereocenters. The Kier molecular flexibility index (Phi) is 13.4. The molecule has 1 heterocycles. The van der Waals surface area contributed by atoms with E-state index in [4.69, 9.17) is 23.7 Å². The third-order valence-electron chi connectivity index (χ3n) is 6.29. The Hall–Kier alpha value is -2.84. The van der Waals surface area contributed by atoms with Crippen LogP contribution in [-0.2, 0) is 49.5 Å². The van der Waals surface area contributed by atoms with E-state index in [0.717, 1.165) is 11.6 Å². The molecule has 1 aliphatic heterocycles. The number of benzene rings is 1. The highest BCUT2D eigenvalue weighted by Gasteiger charge is 2.48. The van der Waals surface area contributed by atoms with Crippen LogP contribution in [0, 0.1) is 0 Å². The SMILES string of the molecule is CC(=O)N[C@H]1[C@@H](OCc2ccccc2)O[C@H](COC(C)=O)[C@@H](O)[C@@H]1O[C@H](C)C(=O)N[C@@H](C)C(=O)OCC[Si](C)(C)C. The average molecular weight is 597 g/mol. The fourth-order valence-electron chi connectivity index (χ4n) is 3.97. The summed E-state index contributed by atoms with van der Waals surface area (Å²) in [5.41, 5.74) is 0.830. The van der Waals surface area contributed by atoms with Crippen molar-refractivity contribution in [3.63, 3.8) is 0 Å². The molecule has 1 aromatic carbocycles. The van der Waals surface area contributed by atoms with Crippen molar-refractivity contribution in [2.45, 2.75) is 103 Å². The molecule has 0 unspecified atom stereocenters. The standard InChI is InChI=1S/C28H44N2O10Si/c1-17(27(35)36-13-14-41(5,6)7)29-26(34)18(2)39-25-23(30-19(3)31)28(38-15-21-11-9-8-10-12-21)40-22(24(25)33)16-37-20(4)32/h8-12,17-18,22-25,28,33H,13-16H2,1-7H3,(H,29,34)(H,30,31)/t17-,18+,22+,23+,24+,25+,28-/m0/s1. The monoisotopic (exact) mass is 596 g/mol. The Bertz CT molecular complexity index is 1020. The summed E-state index contributed by atoms with van der Waals surface area (Å²) in [7, 11) is -1.39. The number of carbonyl (C=O) groups excluding carboxylic acids is 4. The lowest BCUT2D eigenvalue weighted by Crippen LogP contribution is -2.66. The van der Waals surface area contributed by atoms with E-state index in [2.05, 4.69) is 30.3 Å². The number of aliphatic hydroxyl groups excluding tert-OH is 1. The van der Waals surface area contributed by atoms with Crippen molar-refractivity contribution in [2.24, 2.45) is 0 Å². The number of hydrogen-bond donors (Lipinski definition) is 3. The number of aliphatic hydroxyl groups is 1. The van der Waals surface area contributed by atoms with Crippen LogP contribution >= 0.6 is 0 Å². The van der Waals surface area contributed by atoms with Crippen LogP contribution in [0.3, 0.4) is 0 Å². The summed E-state index contributed by atoms with van der Waals surface area (Å²) in [4.78, 5) is 48.9. The lowest BCUT2D eigenvalue weighted by atomic mass is 9.96. The minimum absolute atomic E-state index is 0.109. The molecule has 1 saturated heterocycles. The van der Waals surface area contributed by atoms with Gasteiger partial charge in [0.15, 0.2) is 6.29 Å². The fraction of sp³-hybridized carbons (Fsp3) is 0.643. The molecule has 0 saturated carbocycles. The highest BCUT2D eigenvalue weighted by Crippen LogP contribution is 2.27. The number of rotatable bonds is 14. The van der Waals surface area contributed by atoms with E-state index in [-0.39, 0.29) is 19.8 Å². The first kappa shape index (κ1) is 34.4. The third-order valence-corrected chi connectivity index (χ3v) is 7.99. The summed E-state index contributed by atoms with van der Waals surface area (Å²) in [6, 6.07) is 8.07. The molecule has 0 radical (unpaired) electrons. The molecule has 2 amide bonds. The molecule has 1 aliphatic rings. The van der Waals surface area contributed by atoms with Gasteiger partial charge in [0.1, 0.15) is 43.1 Å². The molecule has 41 heavy (non-hydrogen) atoms. The highest BCUT2D eigenvalue weighted by molar-refractivity contribution is 6.76. The summed E-state index contributed by atoms with van der Waals surface area (Å²) in [6.07, 6.45) is -5.98. The number of ether oxygens (including phenoxy) is 5. The Labute approximate surface area is 242 Å². The van der Waals surface area contributed by atoms with Gasteiger partial charge >= 0.3 is 11.9 Å². The molecule has 0 spiro atoms. The van der Waals surface area contributed by atoms with Crippen molar-refractivity contribution >= 4 is 31.8 Å². The number of hydrogen-bond acceptors (Lipinski definition) is 10. The second kappa shape index (κ2) is 16.0. The molecule has 1 fully saturated rings. The van der Waals surface area contributed by atoms with Crippen LogP contribution in [0.5, 0.6) is 0 Å². The molecule has 0 aliphatic carbocycles. The largest absolute Gasteiger partial charge is 0.464 e. The van der Waals surface area contributed by atoms with Crippen molar-refractivity contribution in [3.05, 3.63) is 35.9 Å². The first-order chi connectivity index (χ1) is 19.2. The third kappa shape index (κ3) is 11.9. The van der Waals surface area contributed by atoms with Gasteiger partial charge in [-0.15, -0.1) is 0 Å². The van der Waals surface area contributed by atoms with Crippen LogP contribution in [0.2, 0.25) is 25.7 Å². The van der Waals surface area contributed by atoms with E-state index in [9.17, 15) is 24.3 Å². The molecule has 12 nitrogen and oxygen atoms in total. The van der Waals surface area contributed by atoms with Gasteiger partial charge in [0, 0.05) is 21.9 Å². The van der Waals surface area contributed by atoms with Crippen LogP contribution < -0.4 is 10.6 Å². The molecule has 13 heteroatoms. The second-order valence-electron chi connectivity index (χ2n) is 11.3. The maximum absolute atomic E-state index is 13.0. The number of amides is 2. The van der Waals surface area contributed by atoms with E-state index in [0.29, 0.717) is 0 Å². The first-order valence-corrected chi connectivity index (χ1v) is 17.4. The van der Waals surface area contributed by atoms with Crippen LogP contribution in [-0.4, -0.2) is 92.9 Å². The molecular formula is C28H44N2O10Si. The molecular weight excluding hydrogens is 552 g/mol. The van der Waals surface area contributed by atoms with E-state index in [1.807, 2.05) is 30.3 Å². The Morgan fingerprint density at radius 2 is 1.71 bits per heavy atom. The second-order valence-corrected chi connectivity index (χ2v) is 16.9. The van der Waals surface area contributed by atoms with E-state index < -0.39 is 74.6 Å². The van der Waals surface area contributed by atoms with Gasteiger partial charge in [0.25, 0.3) is 0 Å². The molecule has 0 bridgehead atoms. The zero-order chi connectivity index (χ0) is 30.7. The molecule has 1 aromatic rings. The van der Waals surface area contributed by atoms with Crippen LogP contribution in [0.4, 0.5) is 0 Å². The van der Waals surface area contributed by atoms with Crippen molar-refractivity contribution in [1.29, 1.82) is 0 Å².